The standard InChI is InChI=1S/C11H16N2O4/c1-12-9-5-3-6-10(11(9)13(14)15)17-8-4-7-16-2/h3,5-6,12H,4,7-8H2,1-2H3. The van der Waals surface area contributed by atoms with Gasteiger partial charge in [-0.05, 0) is 12.1 Å². The van der Waals surface area contributed by atoms with Gasteiger partial charge in [-0.15, -0.1) is 0 Å². The maximum atomic E-state index is 11.0. The second-order valence-electron chi connectivity index (χ2n) is 3.35. The van der Waals surface area contributed by atoms with Gasteiger partial charge in [0.15, 0.2) is 5.75 Å². The molecule has 0 amide bonds. The van der Waals surface area contributed by atoms with Gasteiger partial charge < -0.3 is 14.8 Å². The Kier molecular flexibility index (Phi) is 5.22. The van der Waals surface area contributed by atoms with E-state index in [0.29, 0.717) is 25.3 Å². The first-order valence-electron chi connectivity index (χ1n) is 5.27. The maximum absolute atomic E-state index is 11.0. The van der Waals surface area contributed by atoms with E-state index in [9.17, 15) is 10.1 Å². The quantitative estimate of drug-likeness (QED) is 0.448. The van der Waals surface area contributed by atoms with Gasteiger partial charge in [0.05, 0.1) is 11.5 Å². The van der Waals surface area contributed by atoms with E-state index < -0.39 is 4.92 Å². The first-order valence-corrected chi connectivity index (χ1v) is 5.27. The summed E-state index contributed by atoms with van der Waals surface area (Å²) in [6.45, 7) is 0.960. The Morgan fingerprint density at radius 1 is 1.41 bits per heavy atom. The summed E-state index contributed by atoms with van der Waals surface area (Å²) < 4.78 is 10.3. The molecular formula is C11H16N2O4. The third-order valence-electron chi connectivity index (χ3n) is 2.20. The van der Waals surface area contributed by atoms with E-state index in [1.807, 2.05) is 0 Å². The lowest BCUT2D eigenvalue weighted by Crippen LogP contribution is -2.05. The minimum atomic E-state index is -0.447. The molecule has 0 unspecified atom stereocenters. The Morgan fingerprint density at radius 2 is 2.18 bits per heavy atom. The molecule has 0 bridgehead atoms. The van der Waals surface area contributed by atoms with Crippen molar-refractivity contribution in [1.82, 2.24) is 0 Å². The van der Waals surface area contributed by atoms with Crippen molar-refractivity contribution in [3.05, 3.63) is 28.3 Å². The Hall–Kier alpha value is -1.82. The molecule has 0 atom stereocenters. The first-order chi connectivity index (χ1) is 8.20. The number of nitrogens with zero attached hydrogens (tertiary/aromatic N) is 1. The summed E-state index contributed by atoms with van der Waals surface area (Å²) in [5.41, 5.74) is 0.409. The van der Waals surface area contributed by atoms with Gasteiger partial charge in [-0.2, -0.15) is 0 Å². The molecule has 94 valence electrons. The number of hydrogen-bond donors (Lipinski definition) is 1. The fourth-order valence-corrected chi connectivity index (χ4v) is 1.41. The molecule has 17 heavy (non-hydrogen) atoms. The summed E-state index contributed by atoms with van der Waals surface area (Å²) in [6.07, 6.45) is 0.692. The van der Waals surface area contributed by atoms with Gasteiger partial charge in [0.1, 0.15) is 5.69 Å². The first kappa shape index (κ1) is 13.2. The number of anilines is 1. The largest absolute Gasteiger partial charge is 0.487 e. The molecule has 6 nitrogen and oxygen atoms in total. The summed E-state index contributed by atoms with van der Waals surface area (Å²) in [6, 6.07) is 4.94. The van der Waals surface area contributed by atoms with Crippen LogP contribution in [0.4, 0.5) is 11.4 Å². The van der Waals surface area contributed by atoms with Crippen LogP contribution in [0.25, 0.3) is 0 Å². The Balaban J connectivity index is 2.79. The average molecular weight is 240 g/mol. The Morgan fingerprint density at radius 3 is 2.76 bits per heavy atom. The molecule has 0 saturated carbocycles. The summed E-state index contributed by atoms with van der Waals surface area (Å²) in [4.78, 5) is 10.5. The minimum absolute atomic E-state index is 0.0348. The number of para-hydroxylation sites is 1. The lowest BCUT2D eigenvalue weighted by molar-refractivity contribution is -0.384. The second kappa shape index (κ2) is 6.70. The predicted molar refractivity (Wildman–Crippen MR) is 64.6 cm³/mol. The number of nitrogens with one attached hydrogen (secondary N) is 1. The highest BCUT2D eigenvalue weighted by Gasteiger charge is 2.19. The van der Waals surface area contributed by atoms with Crippen molar-refractivity contribution in [2.45, 2.75) is 6.42 Å². The zero-order chi connectivity index (χ0) is 12.7. The van der Waals surface area contributed by atoms with Crippen molar-refractivity contribution in [2.24, 2.45) is 0 Å². The number of hydrogen-bond acceptors (Lipinski definition) is 5. The fourth-order valence-electron chi connectivity index (χ4n) is 1.41. The topological polar surface area (TPSA) is 73.6 Å². The van der Waals surface area contributed by atoms with E-state index in [1.54, 1.807) is 32.4 Å². The third-order valence-corrected chi connectivity index (χ3v) is 2.20. The van der Waals surface area contributed by atoms with E-state index in [-0.39, 0.29) is 11.4 Å². The fraction of sp³-hybridized carbons (Fsp3) is 0.455. The van der Waals surface area contributed by atoms with Crippen LogP contribution in [0.3, 0.4) is 0 Å². The van der Waals surface area contributed by atoms with Crippen molar-refractivity contribution in [3.63, 3.8) is 0 Å². The molecule has 0 radical (unpaired) electrons. The van der Waals surface area contributed by atoms with Crippen molar-refractivity contribution in [3.8, 4) is 5.75 Å². The van der Waals surface area contributed by atoms with Crippen molar-refractivity contribution in [2.75, 3.05) is 32.7 Å². The monoisotopic (exact) mass is 240 g/mol. The molecule has 0 aliphatic rings. The van der Waals surface area contributed by atoms with Crippen LogP contribution in [0, 0.1) is 10.1 Å². The zero-order valence-corrected chi connectivity index (χ0v) is 9.93. The van der Waals surface area contributed by atoms with Gasteiger partial charge in [-0.3, -0.25) is 10.1 Å². The highest BCUT2D eigenvalue weighted by Crippen LogP contribution is 2.34. The van der Waals surface area contributed by atoms with E-state index in [4.69, 9.17) is 9.47 Å². The average Bonchev–Trinajstić information content (AvgIpc) is 2.33. The second-order valence-corrected chi connectivity index (χ2v) is 3.35. The molecule has 1 N–H and O–H groups in total. The number of nitro benzene ring substituents is 1. The molecule has 1 rings (SSSR count). The number of nitro groups is 1. The SMILES string of the molecule is CNc1cccc(OCCCOC)c1[N+](=O)[O-]. The van der Waals surface area contributed by atoms with E-state index in [2.05, 4.69) is 5.32 Å². The van der Waals surface area contributed by atoms with Crippen LogP contribution in [0.1, 0.15) is 6.42 Å². The van der Waals surface area contributed by atoms with Crippen LogP contribution >= 0.6 is 0 Å². The Labute approximate surface area is 99.7 Å². The minimum Gasteiger partial charge on any atom is -0.487 e. The summed E-state index contributed by atoms with van der Waals surface area (Å²) in [7, 11) is 3.24. The summed E-state index contributed by atoms with van der Waals surface area (Å²) in [5, 5.41) is 13.7. The van der Waals surface area contributed by atoms with E-state index in [1.165, 1.54) is 0 Å². The van der Waals surface area contributed by atoms with Crippen molar-refractivity contribution < 1.29 is 14.4 Å². The highest BCUT2D eigenvalue weighted by atomic mass is 16.6. The number of benzene rings is 1. The van der Waals surface area contributed by atoms with Crippen LogP contribution in [0.5, 0.6) is 5.75 Å². The van der Waals surface area contributed by atoms with Crippen LogP contribution in [-0.2, 0) is 4.74 Å². The van der Waals surface area contributed by atoms with E-state index >= 15 is 0 Å². The van der Waals surface area contributed by atoms with Gasteiger partial charge in [-0.25, -0.2) is 0 Å². The molecule has 0 aliphatic carbocycles. The van der Waals surface area contributed by atoms with Gasteiger partial charge in [0.25, 0.3) is 0 Å². The summed E-state index contributed by atoms with van der Waals surface area (Å²) in [5.74, 6) is 0.276. The molecule has 0 aromatic heterocycles. The molecular weight excluding hydrogens is 224 g/mol. The molecule has 0 fully saturated rings. The highest BCUT2D eigenvalue weighted by molar-refractivity contribution is 5.68. The maximum Gasteiger partial charge on any atom is 0.333 e. The van der Waals surface area contributed by atoms with E-state index in [0.717, 1.165) is 0 Å². The smallest absolute Gasteiger partial charge is 0.333 e. The normalized spacial score (nSPS) is 10.0. The molecule has 0 aliphatic heterocycles. The van der Waals surface area contributed by atoms with Gasteiger partial charge in [0.2, 0.25) is 0 Å². The van der Waals surface area contributed by atoms with Crippen LogP contribution < -0.4 is 10.1 Å². The number of methoxy groups -OCH3 is 1. The molecule has 0 spiro atoms. The molecule has 1 aromatic rings. The third kappa shape index (κ3) is 3.60. The van der Waals surface area contributed by atoms with Crippen LogP contribution in [0.2, 0.25) is 0 Å². The lowest BCUT2D eigenvalue weighted by atomic mass is 10.2. The van der Waals surface area contributed by atoms with Crippen molar-refractivity contribution >= 4 is 11.4 Å². The van der Waals surface area contributed by atoms with Crippen LogP contribution in [-0.4, -0.2) is 32.3 Å². The molecule has 6 heteroatoms. The molecule has 0 heterocycles. The molecule has 0 saturated heterocycles. The molecule has 1 aromatic carbocycles. The Bertz CT molecular complexity index is 382. The number of rotatable bonds is 7. The van der Waals surface area contributed by atoms with Gasteiger partial charge in [-0.1, -0.05) is 6.07 Å². The van der Waals surface area contributed by atoms with Crippen molar-refractivity contribution in [1.29, 1.82) is 0 Å². The summed E-state index contributed by atoms with van der Waals surface area (Å²) >= 11 is 0. The van der Waals surface area contributed by atoms with Gasteiger partial charge >= 0.3 is 5.69 Å². The predicted octanol–water partition coefficient (Wildman–Crippen LogP) is 2.05. The zero-order valence-electron chi connectivity index (χ0n) is 9.93. The van der Waals surface area contributed by atoms with Crippen LogP contribution in [0.15, 0.2) is 18.2 Å². The lowest BCUT2D eigenvalue weighted by Gasteiger charge is -2.09. The van der Waals surface area contributed by atoms with Gasteiger partial charge in [0, 0.05) is 27.2 Å². The number of ether oxygens (including phenoxy) is 2.